The van der Waals surface area contributed by atoms with Gasteiger partial charge in [-0.05, 0) is 36.4 Å². The minimum absolute atomic E-state index is 0.0137. The number of hydrogen-bond acceptors (Lipinski definition) is 6. The maximum atomic E-state index is 13.2. The molecule has 1 aliphatic rings. The van der Waals surface area contributed by atoms with E-state index in [1.807, 2.05) is 0 Å². The van der Waals surface area contributed by atoms with Crippen LogP contribution in [0.3, 0.4) is 0 Å². The Morgan fingerprint density at radius 2 is 1.80 bits per heavy atom. The van der Waals surface area contributed by atoms with Crippen molar-refractivity contribution < 1.29 is 22.4 Å². The predicted octanol–water partition coefficient (Wildman–Crippen LogP) is 1.13. The molecule has 2 aromatic carbocycles. The lowest BCUT2D eigenvalue weighted by Crippen LogP contribution is -2.39. The number of sulfonamides is 1. The van der Waals surface area contributed by atoms with E-state index in [9.17, 15) is 22.4 Å². The average molecular weight is 433 g/mol. The number of anilines is 2. The van der Waals surface area contributed by atoms with Crippen molar-refractivity contribution in [3.05, 3.63) is 54.3 Å². The number of para-hydroxylation sites is 1. The Hall–Kier alpha value is -3.31. The largest absolute Gasteiger partial charge is 0.368 e. The van der Waals surface area contributed by atoms with Crippen LogP contribution < -0.4 is 16.1 Å². The van der Waals surface area contributed by atoms with E-state index < -0.39 is 33.7 Å². The van der Waals surface area contributed by atoms with Crippen molar-refractivity contribution in [3.8, 4) is 0 Å². The molecule has 0 spiro atoms. The van der Waals surface area contributed by atoms with Crippen LogP contribution in [-0.2, 0) is 19.6 Å². The van der Waals surface area contributed by atoms with Crippen LogP contribution in [0.2, 0.25) is 0 Å². The summed E-state index contributed by atoms with van der Waals surface area (Å²) in [5.74, 6) is -1.84. The number of carbonyl (C=O) groups is 2. The standard InChI is InChI=1S/C19H20FN5O4S/c1-24(2)30(28,29)17-6-4-3-5-14(17)22-19(27)15-11-16(18(21)26)25(23-15)13-9-7-12(20)8-10-13/h3-10,16H,11H2,1-2H3,(H2,21,26)(H,22,27). The molecular weight excluding hydrogens is 413 g/mol. The highest BCUT2D eigenvalue weighted by Gasteiger charge is 2.35. The molecule has 11 heteroatoms. The number of rotatable bonds is 6. The summed E-state index contributed by atoms with van der Waals surface area (Å²) in [4.78, 5) is 24.5. The number of hydrazone groups is 1. The second kappa shape index (κ2) is 8.20. The Morgan fingerprint density at radius 3 is 2.40 bits per heavy atom. The zero-order valence-corrected chi connectivity index (χ0v) is 17.1. The lowest BCUT2D eigenvalue weighted by Gasteiger charge is -2.20. The summed E-state index contributed by atoms with van der Waals surface area (Å²) in [6, 6.07) is 10.2. The first-order valence-electron chi connectivity index (χ1n) is 8.85. The number of carbonyl (C=O) groups excluding carboxylic acids is 2. The molecule has 0 bridgehead atoms. The van der Waals surface area contributed by atoms with Gasteiger partial charge in [0.25, 0.3) is 5.91 Å². The molecule has 1 atom stereocenters. The van der Waals surface area contributed by atoms with E-state index in [0.717, 1.165) is 4.31 Å². The van der Waals surface area contributed by atoms with Gasteiger partial charge in [-0.15, -0.1) is 0 Å². The van der Waals surface area contributed by atoms with Gasteiger partial charge < -0.3 is 11.1 Å². The normalized spacial score (nSPS) is 16.5. The van der Waals surface area contributed by atoms with Crippen LogP contribution in [0.1, 0.15) is 6.42 Å². The molecule has 1 aliphatic heterocycles. The number of primary amides is 1. The summed E-state index contributed by atoms with van der Waals surface area (Å²) < 4.78 is 39.2. The Labute approximate surface area is 173 Å². The van der Waals surface area contributed by atoms with Crippen molar-refractivity contribution in [2.24, 2.45) is 10.8 Å². The Kier molecular flexibility index (Phi) is 5.85. The molecule has 158 valence electrons. The number of nitrogens with zero attached hydrogens (tertiary/aromatic N) is 3. The van der Waals surface area contributed by atoms with E-state index in [2.05, 4.69) is 10.4 Å². The van der Waals surface area contributed by atoms with Crippen molar-refractivity contribution in [1.82, 2.24) is 4.31 Å². The third-order valence-electron chi connectivity index (χ3n) is 4.49. The van der Waals surface area contributed by atoms with Crippen molar-refractivity contribution in [2.75, 3.05) is 24.4 Å². The van der Waals surface area contributed by atoms with E-state index in [1.165, 1.54) is 55.5 Å². The predicted molar refractivity (Wildman–Crippen MR) is 110 cm³/mol. The molecule has 2 aromatic rings. The third kappa shape index (κ3) is 4.16. The van der Waals surface area contributed by atoms with E-state index in [0.29, 0.717) is 5.69 Å². The van der Waals surface area contributed by atoms with Crippen LogP contribution in [0.15, 0.2) is 58.5 Å². The number of hydrogen-bond donors (Lipinski definition) is 2. The molecule has 0 aliphatic carbocycles. The lowest BCUT2D eigenvalue weighted by atomic mass is 10.1. The monoisotopic (exact) mass is 433 g/mol. The lowest BCUT2D eigenvalue weighted by molar-refractivity contribution is -0.119. The smallest absolute Gasteiger partial charge is 0.271 e. The van der Waals surface area contributed by atoms with Gasteiger partial charge in [0.05, 0.1) is 11.4 Å². The quantitative estimate of drug-likeness (QED) is 0.707. The molecule has 1 heterocycles. The highest BCUT2D eigenvalue weighted by Crippen LogP contribution is 2.27. The van der Waals surface area contributed by atoms with Gasteiger partial charge in [-0.1, -0.05) is 12.1 Å². The van der Waals surface area contributed by atoms with Crippen molar-refractivity contribution >= 4 is 38.9 Å². The fraction of sp³-hybridized carbons (Fsp3) is 0.211. The third-order valence-corrected chi connectivity index (χ3v) is 6.36. The van der Waals surface area contributed by atoms with Crippen LogP contribution in [-0.4, -0.2) is 50.4 Å². The SMILES string of the molecule is CN(C)S(=O)(=O)c1ccccc1NC(=O)C1=NN(c2ccc(F)cc2)C(C(N)=O)C1. The summed E-state index contributed by atoms with van der Waals surface area (Å²) in [7, 11) is -1.04. The van der Waals surface area contributed by atoms with Gasteiger partial charge >= 0.3 is 0 Å². The summed E-state index contributed by atoms with van der Waals surface area (Å²) in [5.41, 5.74) is 5.89. The zero-order valence-electron chi connectivity index (χ0n) is 16.2. The number of nitrogens with two attached hydrogens (primary N) is 1. The highest BCUT2D eigenvalue weighted by atomic mass is 32.2. The zero-order chi connectivity index (χ0) is 22.1. The number of benzene rings is 2. The summed E-state index contributed by atoms with van der Waals surface area (Å²) >= 11 is 0. The minimum atomic E-state index is -3.80. The van der Waals surface area contributed by atoms with Crippen LogP contribution >= 0.6 is 0 Å². The van der Waals surface area contributed by atoms with E-state index >= 15 is 0 Å². The van der Waals surface area contributed by atoms with Gasteiger partial charge in [-0.3, -0.25) is 14.6 Å². The molecule has 3 N–H and O–H groups in total. The summed E-state index contributed by atoms with van der Waals surface area (Å²) in [6.07, 6.45) is -0.0822. The van der Waals surface area contributed by atoms with Crippen molar-refractivity contribution in [3.63, 3.8) is 0 Å². The number of halogens is 1. The second-order valence-corrected chi connectivity index (χ2v) is 8.85. The van der Waals surface area contributed by atoms with Crippen LogP contribution in [0.4, 0.5) is 15.8 Å². The molecule has 0 saturated heterocycles. The van der Waals surface area contributed by atoms with Gasteiger partial charge in [0, 0.05) is 20.5 Å². The van der Waals surface area contributed by atoms with Crippen molar-refractivity contribution in [1.29, 1.82) is 0 Å². The topological polar surface area (TPSA) is 125 Å². The second-order valence-electron chi connectivity index (χ2n) is 6.73. The van der Waals surface area contributed by atoms with Crippen LogP contribution in [0.5, 0.6) is 0 Å². The Bertz CT molecular complexity index is 1120. The van der Waals surface area contributed by atoms with Gasteiger partial charge in [-0.25, -0.2) is 17.1 Å². The maximum Gasteiger partial charge on any atom is 0.271 e. The summed E-state index contributed by atoms with van der Waals surface area (Å²) in [5, 5.41) is 7.96. The molecule has 30 heavy (non-hydrogen) atoms. The fourth-order valence-corrected chi connectivity index (χ4v) is 3.93. The Morgan fingerprint density at radius 1 is 1.17 bits per heavy atom. The highest BCUT2D eigenvalue weighted by molar-refractivity contribution is 7.89. The molecule has 3 rings (SSSR count). The van der Waals surface area contributed by atoms with Crippen LogP contribution in [0, 0.1) is 5.82 Å². The van der Waals surface area contributed by atoms with E-state index in [-0.39, 0.29) is 22.7 Å². The van der Waals surface area contributed by atoms with Gasteiger partial charge in [0.2, 0.25) is 15.9 Å². The Balaban J connectivity index is 1.90. The molecule has 0 radical (unpaired) electrons. The van der Waals surface area contributed by atoms with Crippen LogP contribution in [0.25, 0.3) is 0 Å². The van der Waals surface area contributed by atoms with E-state index in [1.54, 1.807) is 12.1 Å². The fourth-order valence-electron chi connectivity index (χ4n) is 2.89. The molecule has 0 aromatic heterocycles. The molecule has 0 saturated carbocycles. The molecule has 2 amide bonds. The number of amides is 2. The molecule has 1 unspecified atom stereocenters. The first-order chi connectivity index (χ1) is 14.1. The number of nitrogens with one attached hydrogen (secondary N) is 1. The van der Waals surface area contributed by atoms with Gasteiger partial charge in [0.15, 0.2) is 0 Å². The summed E-state index contributed by atoms with van der Waals surface area (Å²) in [6.45, 7) is 0. The molecule has 0 fully saturated rings. The molecule has 9 nitrogen and oxygen atoms in total. The average Bonchev–Trinajstić information content (AvgIpc) is 3.14. The van der Waals surface area contributed by atoms with E-state index in [4.69, 9.17) is 5.73 Å². The maximum absolute atomic E-state index is 13.2. The van der Waals surface area contributed by atoms with Gasteiger partial charge in [-0.2, -0.15) is 5.10 Å². The van der Waals surface area contributed by atoms with Gasteiger partial charge in [0.1, 0.15) is 22.5 Å². The first kappa shape index (κ1) is 21.4. The minimum Gasteiger partial charge on any atom is -0.368 e. The molecular formula is C19H20FN5O4S. The first-order valence-corrected chi connectivity index (χ1v) is 10.3. The van der Waals surface area contributed by atoms with Crippen molar-refractivity contribution in [2.45, 2.75) is 17.4 Å².